The molecular weight excluding hydrogens is 528 g/mol. The van der Waals surface area contributed by atoms with Crippen LogP contribution in [0.5, 0.6) is 5.75 Å². The van der Waals surface area contributed by atoms with Gasteiger partial charge in [0.1, 0.15) is 17.6 Å². The number of hydrogen-bond donors (Lipinski definition) is 1. The van der Waals surface area contributed by atoms with Gasteiger partial charge in [-0.1, -0.05) is 18.2 Å². The van der Waals surface area contributed by atoms with E-state index in [0.717, 1.165) is 13.1 Å². The zero-order chi connectivity index (χ0) is 29.0. The molecule has 3 aromatic rings. The molecule has 41 heavy (non-hydrogen) atoms. The van der Waals surface area contributed by atoms with Gasteiger partial charge in [0, 0.05) is 50.2 Å². The number of carbonyl (C=O) groups is 1. The maximum absolute atomic E-state index is 13.6. The Balaban J connectivity index is 1.29. The molecule has 1 N–H and O–H groups in total. The molecule has 3 heterocycles. The van der Waals surface area contributed by atoms with Crippen LogP contribution in [0.4, 0.5) is 14.8 Å². The summed E-state index contributed by atoms with van der Waals surface area (Å²) in [6, 6.07) is 5.99. The van der Waals surface area contributed by atoms with Crippen LogP contribution in [0.1, 0.15) is 20.8 Å². The topological polar surface area (TPSA) is 75.0 Å². The molecule has 214 valence electrons. The van der Waals surface area contributed by atoms with E-state index >= 15 is 0 Å². The fraction of sp³-hybridized carbons (Fsp3) is 0.333. The highest BCUT2D eigenvalue weighted by molar-refractivity contribution is 5.86. The van der Waals surface area contributed by atoms with Crippen molar-refractivity contribution in [1.82, 2.24) is 24.2 Å². The van der Waals surface area contributed by atoms with Gasteiger partial charge < -0.3 is 10.2 Å². The van der Waals surface area contributed by atoms with Gasteiger partial charge in [0.05, 0.1) is 15.2 Å². The summed E-state index contributed by atoms with van der Waals surface area (Å²) in [5.74, 6) is 0.652. The summed E-state index contributed by atoms with van der Waals surface area (Å²) in [4.78, 5) is 31.4. The second-order valence-corrected chi connectivity index (χ2v) is 10.0. The minimum Gasteiger partial charge on any atom is -0.358 e. The highest BCUT2D eigenvalue weighted by atomic mass is 19.4. The monoisotopic (exact) mass is 562 g/mol. The molecule has 1 aliphatic heterocycles. The summed E-state index contributed by atoms with van der Waals surface area (Å²) in [5, 5.41) is 0.797. The zero-order valence-corrected chi connectivity index (χ0v) is 23.4. The number of benzene rings is 1. The van der Waals surface area contributed by atoms with Crippen LogP contribution in [0.3, 0.4) is 0 Å². The maximum Gasteiger partial charge on any atom is 0.244 e. The third-order valence-electron chi connectivity index (χ3n) is 7.39. The van der Waals surface area contributed by atoms with E-state index in [-0.39, 0.29) is 17.7 Å². The molecule has 1 saturated heterocycles. The summed E-state index contributed by atoms with van der Waals surface area (Å²) in [7, 11) is 0. The van der Waals surface area contributed by atoms with Gasteiger partial charge in [-0.25, -0.2) is 9.82 Å². The van der Waals surface area contributed by atoms with Crippen molar-refractivity contribution in [3.63, 3.8) is 0 Å². The van der Waals surface area contributed by atoms with Gasteiger partial charge in [-0.3, -0.25) is 19.1 Å². The third-order valence-corrected chi connectivity index (χ3v) is 7.39. The molecule has 11 heteroatoms. The largest absolute Gasteiger partial charge is 0.358 e. The Hall–Kier alpha value is -4.31. The number of nitrogens with one attached hydrogen (secondary N) is 1. The molecule has 2 unspecified atom stereocenters. The number of hydrogen-bond acceptors (Lipinski definition) is 6. The van der Waals surface area contributed by atoms with E-state index in [2.05, 4.69) is 33.9 Å². The Bertz CT molecular complexity index is 1520. The lowest BCUT2D eigenvalue weighted by Gasteiger charge is -2.39. The molecule has 0 radical (unpaired) electrons. The van der Waals surface area contributed by atoms with Gasteiger partial charge in [0.25, 0.3) is 0 Å². The van der Waals surface area contributed by atoms with Gasteiger partial charge in [0.15, 0.2) is 12.2 Å². The number of anilines is 1. The molecule has 1 fully saturated rings. The van der Waals surface area contributed by atoms with E-state index in [1.165, 1.54) is 24.6 Å². The molecule has 2 aliphatic rings. The normalized spacial score (nSPS) is 17.3. The Morgan fingerprint density at radius 3 is 2.63 bits per heavy atom. The van der Waals surface area contributed by atoms with Crippen LogP contribution in [-0.4, -0.2) is 80.0 Å². The summed E-state index contributed by atoms with van der Waals surface area (Å²) in [6.45, 7) is 7.67. The summed E-state index contributed by atoms with van der Waals surface area (Å²) >= 11 is 0. The van der Waals surface area contributed by atoms with E-state index in [4.69, 9.17) is 9.82 Å². The predicted octanol–water partition coefficient (Wildman–Crippen LogP) is 4.84. The Kier molecular flexibility index (Phi) is 8.30. The van der Waals surface area contributed by atoms with Crippen LogP contribution in [-0.2, 0) is 4.79 Å². The molecule has 1 amide bonds. The van der Waals surface area contributed by atoms with E-state index in [1.54, 1.807) is 30.7 Å². The minimum atomic E-state index is -2.57. The van der Waals surface area contributed by atoms with Crippen molar-refractivity contribution in [3.8, 4) is 17.0 Å². The van der Waals surface area contributed by atoms with Gasteiger partial charge >= 0.3 is 0 Å². The number of imidazole rings is 1. The van der Waals surface area contributed by atoms with Gasteiger partial charge in [0.2, 0.25) is 16.7 Å². The van der Waals surface area contributed by atoms with Crippen molar-refractivity contribution >= 4 is 17.4 Å². The van der Waals surface area contributed by atoms with Crippen molar-refractivity contribution in [2.75, 3.05) is 38.0 Å². The number of aromatic nitrogens is 3. The van der Waals surface area contributed by atoms with Crippen molar-refractivity contribution in [1.29, 1.82) is 0 Å². The first-order valence-corrected chi connectivity index (χ1v) is 13.7. The van der Waals surface area contributed by atoms with Crippen molar-refractivity contribution in [2.45, 2.75) is 32.9 Å². The summed E-state index contributed by atoms with van der Waals surface area (Å²) < 4.78 is 29.1. The van der Waals surface area contributed by atoms with Crippen LogP contribution in [0, 0.1) is 0 Å². The van der Waals surface area contributed by atoms with Crippen molar-refractivity contribution < 1.29 is 23.7 Å². The van der Waals surface area contributed by atoms with Crippen molar-refractivity contribution in [2.24, 2.45) is 0 Å². The first-order chi connectivity index (χ1) is 19.8. The number of quaternary nitrogens is 1. The van der Waals surface area contributed by atoms with Crippen LogP contribution >= 0.6 is 0 Å². The molecule has 1 aromatic carbocycles. The molecule has 9 nitrogen and oxygen atoms in total. The van der Waals surface area contributed by atoms with Crippen molar-refractivity contribution in [3.05, 3.63) is 84.5 Å². The summed E-state index contributed by atoms with van der Waals surface area (Å²) in [5.41, 5.74) is 6.21. The fourth-order valence-corrected chi connectivity index (χ4v) is 4.95. The van der Waals surface area contributed by atoms with Crippen LogP contribution < -0.4 is 10.2 Å². The molecule has 2 aromatic heterocycles. The number of halogens is 2. The number of fused-ring (bicyclic) bond motifs is 1. The maximum atomic E-state index is 13.6. The number of piperazine rings is 1. The molecular formula is C30H34F2N7O2+. The number of hydroxylamine groups is 1. The number of allylic oxidation sites excluding steroid dienone is 3. The van der Waals surface area contributed by atoms with E-state index in [9.17, 15) is 13.8 Å². The first kappa shape index (κ1) is 28.2. The second kappa shape index (κ2) is 12.1. The van der Waals surface area contributed by atoms with Gasteiger partial charge in [-0.15, -0.1) is 5.73 Å². The fourth-order valence-electron chi connectivity index (χ4n) is 4.95. The van der Waals surface area contributed by atoms with E-state index in [1.807, 2.05) is 40.5 Å². The number of carbonyl (C=O) groups excluding carboxylic acids is 1. The van der Waals surface area contributed by atoms with Crippen LogP contribution in [0.15, 0.2) is 84.5 Å². The standard InChI is InChI=1S/C30H34F2N7O2/c1-4-39(31,32)41-26-13-11-25(12-14-26)28-29(38-16-15-33-21-27(38)35-28)34-22(2)30(40)37-19-17-36(18-20-37)23(3)24-9-7-5-6-8-10-24/h5-7,9-16,21-23,34H,4,17-20H2,1-3H3/q+1. The summed E-state index contributed by atoms with van der Waals surface area (Å²) in [6.07, 6.45) is 15.0. The Morgan fingerprint density at radius 2 is 1.90 bits per heavy atom. The lowest BCUT2D eigenvalue weighted by molar-refractivity contribution is -1.28. The highest BCUT2D eigenvalue weighted by Crippen LogP contribution is 2.31. The zero-order valence-electron chi connectivity index (χ0n) is 23.4. The average Bonchev–Trinajstić information content (AvgIpc) is 3.14. The smallest absolute Gasteiger partial charge is 0.244 e. The van der Waals surface area contributed by atoms with E-state index < -0.39 is 17.7 Å². The molecule has 0 spiro atoms. The molecule has 0 saturated carbocycles. The minimum absolute atomic E-state index is 0.00461. The first-order valence-electron chi connectivity index (χ1n) is 13.7. The van der Waals surface area contributed by atoms with E-state index in [0.29, 0.717) is 35.8 Å². The Morgan fingerprint density at radius 1 is 1.15 bits per heavy atom. The Labute approximate surface area is 237 Å². The van der Waals surface area contributed by atoms with Gasteiger partial charge in [-0.05, 0) is 62.8 Å². The number of nitrogens with zero attached hydrogens (tertiary/aromatic N) is 6. The van der Waals surface area contributed by atoms with Crippen LogP contribution in [0.25, 0.3) is 16.9 Å². The molecule has 1 aliphatic carbocycles. The third kappa shape index (κ3) is 6.38. The quantitative estimate of drug-likeness (QED) is 0.229. The second-order valence-electron chi connectivity index (χ2n) is 10.0. The molecule has 0 bridgehead atoms. The SMILES string of the molecule is CC[N+](F)(F)Oc1ccc(-c2nc3cnccn3c2NC(C)C(=O)N2CCN(C(C)C3=CC=CC=C=C3)CC2)cc1. The number of amides is 1. The molecule has 5 rings (SSSR count). The van der Waals surface area contributed by atoms with Crippen LogP contribution in [0.2, 0.25) is 0 Å². The molecule has 2 atom stereocenters. The van der Waals surface area contributed by atoms with Gasteiger partial charge in [-0.2, -0.15) is 0 Å². The predicted molar refractivity (Wildman–Crippen MR) is 153 cm³/mol. The lowest BCUT2D eigenvalue weighted by atomic mass is 10.1. The average molecular weight is 563 g/mol. The highest BCUT2D eigenvalue weighted by Gasteiger charge is 2.31. The lowest BCUT2D eigenvalue weighted by Crippen LogP contribution is -2.54. The number of rotatable bonds is 9.